The van der Waals surface area contributed by atoms with E-state index in [9.17, 15) is 9.90 Å². The molecule has 35 heavy (non-hydrogen) atoms. The van der Waals surface area contributed by atoms with Gasteiger partial charge in [0.05, 0.1) is 5.56 Å². The van der Waals surface area contributed by atoms with Gasteiger partial charge in [0.25, 0.3) is 0 Å². The van der Waals surface area contributed by atoms with Crippen molar-refractivity contribution in [3.63, 3.8) is 0 Å². The molecule has 6 heterocycles. The van der Waals surface area contributed by atoms with Crippen LogP contribution in [0.2, 0.25) is 0 Å². The van der Waals surface area contributed by atoms with E-state index in [4.69, 9.17) is 10.1 Å². The first kappa shape index (κ1) is 20.2. The van der Waals surface area contributed by atoms with Gasteiger partial charge in [-0.1, -0.05) is 12.1 Å². The van der Waals surface area contributed by atoms with Crippen LogP contribution in [0.5, 0.6) is 0 Å². The zero-order chi connectivity index (χ0) is 23.5. The molecule has 2 fully saturated rings. The normalized spacial score (nSPS) is 21.7. The van der Waals surface area contributed by atoms with Crippen LogP contribution in [-0.2, 0) is 0 Å². The number of nitrogens with zero attached hydrogens (tertiary/aromatic N) is 5. The molecule has 1 aromatic carbocycles. The van der Waals surface area contributed by atoms with E-state index < -0.39 is 6.09 Å². The van der Waals surface area contributed by atoms with E-state index in [2.05, 4.69) is 40.3 Å². The number of aromatic nitrogens is 5. The number of hydrogen-bond donors (Lipinski definition) is 2. The highest BCUT2D eigenvalue weighted by molar-refractivity contribution is 5.94. The quantitative estimate of drug-likeness (QED) is 0.376. The lowest BCUT2D eigenvalue weighted by Crippen LogP contribution is -2.45. The van der Waals surface area contributed by atoms with E-state index in [1.54, 1.807) is 17.3 Å². The van der Waals surface area contributed by atoms with Gasteiger partial charge in [-0.25, -0.2) is 14.3 Å². The van der Waals surface area contributed by atoms with Crippen LogP contribution in [0.1, 0.15) is 37.3 Å². The molecule has 0 radical (unpaired) electrons. The Morgan fingerprint density at radius 1 is 0.971 bits per heavy atom. The molecule has 1 amide bonds. The second kappa shape index (κ2) is 7.66. The molecule has 2 unspecified atom stereocenters. The minimum absolute atomic E-state index is 0.0736. The first-order chi connectivity index (χ1) is 17.2. The number of H-pyrrole nitrogens is 1. The topological polar surface area (TPSA) is 99.4 Å². The van der Waals surface area contributed by atoms with Crippen molar-refractivity contribution in [1.29, 1.82) is 0 Å². The summed E-state index contributed by atoms with van der Waals surface area (Å²) < 4.78 is 1.99. The molecule has 0 saturated carbocycles. The predicted molar refractivity (Wildman–Crippen MR) is 132 cm³/mol. The second-order valence-corrected chi connectivity index (χ2v) is 9.59. The summed E-state index contributed by atoms with van der Waals surface area (Å²) in [6.45, 7) is 0. The van der Waals surface area contributed by atoms with Crippen LogP contribution < -0.4 is 0 Å². The molecule has 4 aromatic heterocycles. The fourth-order valence-corrected chi connectivity index (χ4v) is 6.18. The van der Waals surface area contributed by atoms with Gasteiger partial charge in [0.15, 0.2) is 5.65 Å². The molecule has 2 N–H and O–H groups in total. The van der Waals surface area contributed by atoms with Crippen LogP contribution in [0.25, 0.3) is 38.9 Å². The summed E-state index contributed by atoms with van der Waals surface area (Å²) >= 11 is 0. The van der Waals surface area contributed by atoms with Crippen LogP contribution in [-0.4, -0.2) is 52.7 Å². The number of pyridine rings is 1. The monoisotopic (exact) mass is 464 g/mol. The Morgan fingerprint density at radius 2 is 1.77 bits per heavy atom. The first-order valence-electron chi connectivity index (χ1n) is 12.0. The lowest BCUT2D eigenvalue weighted by Gasteiger charge is -2.37. The van der Waals surface area contributed by atoms with Gasteiger partial charge in [0, 0.05) is 59.6 Å². The van der Waals surface area contributed by atoms with Gasteiger partial charge >= 0.3 is 6.09 Å². The van der Waals surface area contributed by atoms with Crippen LogP contribution in [0.4, 0.5) is 4.79 Å². The Hall–Kier alpha value is -4.20. The number of nitrogens with one attached hydrogen (secondary N) is 1. The largest absolute Gasteiger partial charge is 0.465 e. The molecular formula is C27H24N6O2. The molecule has 2 aliphatic heterocycles. The summed E-state index contributed by atoms with van der Waals surface area (Å²) in [4.78, 5) is 25.8. The van der Waals surface area contributed by atoms with Crippen LogP contribution in [0, 0.1) is 0 Å². The van der Waals surface area contributed by atoms with Gasteiger partial charge in [-0.05, 0) is 67.0 Å². The summed E-state index contributed by atoms with van der Waals surface area (Å²) in [5.41, 5.74) is 6.86. The van der Waals surface area contributed by atoms with Crippen LogP contribution >= 0.6 is 0 Å². The van der Waals surface area contributed by atoms with Crippen molar-refractivity contribution >= 4 is 22.6 Å². The summed E-state index contributed by atoms with van der Waals surface area (Å²) in [7, 11) is 0. The van der Waals surface area contributed by atoms with Crippen molar-refractivity contribution in [2.24, 2.45) is 0 Å². The number of amides is 1. The van der Waals surface area contributed by atoms with Crippen molar-refractivity contribution in [2.45, 2.75) is 43.7 Å². The molecule has 2 aliphatic rings. The maximum Gasteiger partial charge on any atom is 0.407 e. The van der Waals surface area contributed by atoms with Crippen molar-refractivity contribution in [2.75, 3.05) is 0 Å². The summed E-state index contributed by atoms with van der Waals surface area (Å²) in [6.07, 6.45) is 10.1. The third-order valence-electron chi connectivity index (χ3n) is 7.72. The van der Waals surface area contributed by atoms with Gasteiger partial charge in [0.2, 0.25) is 0 Å². The molecule has 2 saturated heterocycles. The van der Waals surface area contributed by atoms with Crippen LogP contribution in [0.3, 0.4) is 0 Å². The maximum absolute atomic E-state index is 11.8. The number of carboxylic acid groups (broad SMARTS) is 1. The highest BCUT2D eigenvalue weighted by Gasteiger charge is 2.44. The molecule has 7 rings (SSSR count). The van der Waals surface area contributed by atoms with Crippen molar-refractivity contribution in [1.82, 2.24) is 29.5 Å². The standard InChI is InChI=1S/C27H24N6O2/c34-27(35)32-20-3-4-21(32)14-19(13-20)23-8-12-30-26-24(18-2-1-16-7-11-29-22(16)15-18)25(31-33(23)26)17-5-9-28-10-6-17/h1-2,5-12,15,19-21,29H,3-4,13-14H2,(H,34,35). The van der Waals surface area contributed by atoms with Crippen molar-refractivity contribution in [3.8, 4) is 22.4 Å². The number of fused-ring (bicyclic) bond motifs is 4. The van der Waals surface area contributed by atoms with E-state index in [1.165, 1.54) is 0 Å². The Morgan fingerprint density at radius 3 is 2.54 bits per heavy atom. The van der Waals surface area contributed by atoms with Gasteiger partial charge in [-0.15, -0.1) is 0 Å². The zero-order valence-corrected chi connectivity index (χ0v) is 19.0. The maximum atomic E-state index is 11.8. The fraction of sp³-hybridized carbons (Fsp3) is 0.259. The molecule has 0 spiro atoms. The van der Waals surface area contributed by atoms with Gasteiger partial charge in [0.1, 0.15) is 5.69 Å². The molecule has 174 valence electrons. The van der Waals surface area contributed by atoms with Crippen molar-refractivity contribution < 1.29 is 9.90 Å². The lowest BCUT2D eigenvalue weighted by molar-refractivity contribution is 0.0958. The molecule has 0 aliphatic carbocycles. The van der Waals surface area contributed by atoms with Gasteiger partial charge in [-0.2, -0.15) is 5.10 Å². The highest BCUT2D eigenvalue weighted by atomic mass is 16.4. The number of carbonyl (C=O) groups is 1. The SMILES string of the molecule is O=C(O)N1C2CCC1CC(c1ccnc3c(-c4ccc5cc[nH]c5c4)c(-c4ccncc4)nn13)C2. The second-order valence-electron chi connectivity index (χ2n) is 9.59. The molecule has 8 heteroatoms. The van der Waals surface area contributed by atoms with Gasteiger partial charge < -0.3 is 15.0 Å². The average molecular weight is 465 g/mol. The summed E-state index contributed by atoms with van der Waals surface area (Å²) in [6, 6.07) is 14.6. The number of rotatable bonds is 3. The molecule has 2 bridgehead atoms. The lowest BCUT2D eigenvalue weighted by atomic mass is 9.88. The Bertz CT molecular complexity index is 1560. The van der Waals surface area contributed by atoms with Gasteiger partial charge in [-0.3, -0.25) is 4.98 Å². The summed E-state index contributed by atoms with van der Waals surface area (Å²) in [5, 5.41) is 16.0. The first-order valence-corrected chi connectivity index (χ1v) is 12.0. The minimum Gasteiger partial charge on any atom is -0.465 e. The third-order valence-corrected chi connectivity index (χ3v) is 7.72. The third kappa shape index (κ3) is 3.13. The van der Waals surface area contributed by atoms with Crippen molar-refractivity contribution in [3.05, 3.63) is 72.9 Å². The number of piperidine rings is 1. The zero-order valence-electron chi connectivity index (χ0n) is 19.0. The fourth-order valence-electron chi connectivity index (χ4n) is 6.18. The van der Waals surface area contributed by atoms with E-state index in [-0.39, 0.29) is 18.0 Å². The number of aromatic amines is 1. The molecule has 5 aromatic rings. The number of hydrogen-bond acceptors (Lipinski definition) is 4. The Labute approximate surface area is 201 Å². The summed E-state index contributed by atoms with van der Waals surface area (Å²) in [5.74, 6) is 0.234. The molecule has 8 nitrogen and oxygen atoms in total. The Kier molecular flexibility index (Phi) is 4.42. The van der Waals surface area contributed by atoms with E-state index in [0.717, 1.165) is 70.3 Å². The average Bonchev–Trinajstić information content (AvgIpc) is 3.57. The smallest absolute Gasteiger partial charge is 0.407 e. The molecular weight excluding hydrogens is 440 g/mol. The predicted octanol–water partition coefficient (Wildman–Crippen LogP) is 5.33. The van der Waals surface area contributed by atoms with E-state index in [1.807, 2.05) is 29.0 Å². The Balaban J connectivity index is 1.41. The highest BCUT2D eigenvalue weighted by Crippen LogP contribution is 2.44. The minimum atomic E-state index is -0.795. The number of benzene rings is 1. The van der Waals surface area contributed by atoms with E-state index in [0.29, 0.717) is 0 Å². The molecule has 2 atom stereocenters. The van der Waals surface area contributed by atoms with Crippen LogP contribution in [0.15, 0.2) is 67.3 Å². The van der Waals surface area contributed by atoms with E-state index >= 15 is 0 Å².